The third-order valence-corrected chi connectivity index (χ3v) is 2.30. The molecule has 0 aromatic heterocycles. The van der Waals surface area contributed by atoms with Crippen molar-refractivity contribution in [3.8, 4) is 0 Å². The van der Waals surface area contributed by atoms with Crippen LogP contribution in [0, 0.1) is 0 Å². The van der Waals surface area contributed by atoms with Gasteiger partial charge in [-0.2, -0.15) is 0 Å². The second kappa shape index (κ2) is 11.3. The number of nitrogens with zero attached hydrogens (tertiary/aromatic N) is 2. The lowest BCUT2D eigenvalue weighted by Crippen LogP contribution is -2.62. The van der Waals surface area contributed by atoms with Gasteiger partial charge in [-0.15, -0.1) is 29.0 Å². The van der Waals surface area contributed by atoms with E-state index >= 15 is 0 Å². The van der Waals surface area contributed by atoms with Crippen molar-refractivity contribution in [2.45, 2.75) is 41.5 Å². The van der Waals surface area contributed by atoms with Gasteiger partial charge in [-0.25, -0.2) is 0 Å². The molecule has 0 amide bonds. The highest BCUT2D eigenvalue weighted by atomic mass is 17.3. The molecule has 0 fully saturated rings. The number of hydrogen-bond donors (Lipinski definition) is 0. The molecule has 8 nitrogen and oxygen atoms in total. The molecule has 0 rings (SSSR count). The lowest BCUT2D eigenvalue weighted by Gasteiger charge is -2.33. The highest BCUT2D eigenvalue weighted by Crippen LogP contribution is 2.22. The summed E-state index contributed by atoms with van der Waals surface area (Å²) in [4.78, 5) is 32.8. The van der Waals surface area contributed by atoms with E-state index in [0.717, 1.165) is 0 Å². The van der Waals surface area contributed by atoms with Gasteiger partial charge in [-0.1, -0.05) is 0 Å². The second-order valence-corrected chi connectivity index (χ2v) is 3.87. The molecule has 0 bridgehead atoms. The number of rotatable bonds is 14. The summed E-state index contributed by atoms with van der Waals surface area (Å²) in [7, 11) is 0. The maximum atomic E-state index is 5.64. The Kier molecular flexibility index (Phi) is 11.1. The fourth-order valence-electron chi connectivity index (χ4n) is 1.86. The Morgan fingerprint density at radius 1 is 0.429 bits per heavy atom. The molecule has 0 N–H and O–H groups in total. The summed E-state index contributed by atoms with van der Waals surface area (Å²) in [6, 6.07) is 0. The highest BCUT2D eigenvalue weighted by Gasteiger charge is 2.52. The molecule has 0 aliphatic heterocycles. The molecule has 0 radical (unpaired) electrons. The minimum atomic E-state index is -0.510. The molecule has 21 heavy (non-hydrogen) atoms. The molecular weight excluding hydrogens is 280 g/mol. The average Bonchev–Trinajstić information content (AvgIpc) is 2.40. The summed E-state index contributed by atoms with van der Waals surface area (Å²) in [5.41, 5.74) is 0. The minimum absolute atomic E-state index is 0.0467. The molecule has 8 heteroatoms. The summed E-state index contributed by atoms with van der Waals surface area (Å²) < 4.78 is 0. The molecule has 0 heterocycles. The van der Waals surface area contributed by atoms with Crippen molar-refractivity contribution in [1.82, 2.24) is 0 Å². The van der Waals surface area contributed by atoms with Crippen molar-refractivity contribution < 1.29 is 39.0 Å². The monoisotopic (exact) mass is 312 g/mol. The SMILES string of the molecule is CCO[N+](C[N+](OCC)(OCC)OCC)(OCC)OCC. The molecule has 0 aliphatic rings. The van der Waals surface area contributed by atoms with Crippen molar-refractivity contribution >= 4 is 0 Å². The van der Waals surface area contributed by atoms with E-state index in [4.69, 9.17) is 29.0 Å². The molecule has 0 unspecified atom stereocenters. The third-order valence-electron chi connectivity index (χ3n) is 2.30. The Labute approximate surface area is 127 Å². The van der Waals surface area contributed by atoms with E-state index in [-0.39, 0.29) is 6.67 Å². The Bertz CT molecular complexity index is 197. The lowest BCUT2D eigenvalue weighted by atomic mass is 10.8. The molecule has 0 saturated heterocycles. The van der Waals surface area contributed by atoms with Gasteiger partial charge in [0.05, 0.1) is 0 Å². The second-order valence-electron chi connectivity index (χ2n) is 3.87. The lowest BCUT2D eigenvalue weighted by molar-refractivity contribution is -1.50. The van der Waals surface area contributed by atoms with Gasteiger partial charge in [-0.05, 0) is 41.5 Å². The van der Waals surface area contributed by atoms with Crippen LogP contribution in [-0.4, -0.2) is 56.3 Å². The maximum Gasteiger partial charge on any atom is 0.395 e. The van der Waals surface area contributed by atoms with E-state index in [2.05, 4.69) is 0 Å². The van der Waals surface area contributed by atoms with Crippen molar-refractivity contribution in [3.63, 3.8) is 0 Å². The van der Waals surface area contributed by atoms with Crippen LogP contribution >= 0.6 is 0 Å². The topological polar surface area (TPSA) is 55.4 Å². The molecule has 0 aromatic rings. The zero-order valence-electron chi connectivity index (χ0n) is 14.3. The largest absolute Gasteiger partial charge is 0.395 e. The van der Waals surface area contributed by atoms with E-state index in [1.165, 1.54) is 0 Å². The van der Waals surface area contributed by atoms with Crippen LogP contribution in [-0.2, 0) is 29.0 Å². The molecule has 0 aliphatic carbocycles. The van der Waals surface area contributed by atoms with Crippen molar-refractivity contribution in [2.75, 3.05) is 46.3 Å². The van der Waals surface area contributed by atoms with E-state index in [9.17, 15) is 0 Å². The molecule has 0 aromatic carbocycles. The number of hydrogen-bond acceptors (Lipinski definition) is 6. The van der Waals surface area contributed by atoms with Crippen LogP contribution in [0.2, 0.25) is 0 Å². The van der Waals surface area contributed by atoms with Gasteiger partial charge >= 0.3 is 6.67 Å². The van der Waals surface area contributed by atoms with Crippen LogP contribution in [0.3, 0.4) is 0 Å². The first-order valence-corrected chi connectivity index (χ1v) is 7.70. The highest BCUT2D eigenvalue weighted by molar-refractivity contribution is 4.05. The van der Waals surface area contributed by atoms with Crippen LogP contribution in [0.5, 0.6) is 0 Å². The fraction of sp³-hybridized carbons (Fsp3) is 1.00. The van der Waals surface area contributed by atoms with E-state index in [1.54, 1.807) is 0 Å². The molecular formula is C13H32N2O6+2. The van der Waals surface area contributed by atoms with Crippen molar-refractivity contribution in [2.24, 2.45) is 0 Å². The van der Waals surface area contributed by atoms with Crippen molar-refractivity contribution in [1.29, 1.82) is 0 Å². The fourth-order valence-corrected chi connectivity index (χ4v) is 1.86. The summed E-state index contributed by atoms with van der Waals surface area (Å²) in [5, 5.41) is 0. The predicted octanol–water partition coefficient (Wildman–Crippen LogP) is 2.29. The first-order chi connectivity index (χ1) is 10.1. The molecule has 0 saturated carbocycles. The van der Waals surface area contributed by atoms with Gasteiger partial charge in [0.1, 0.15) is 39.6 Å². The van der Waals surface area contributed by atoms with Crippen LogP contribution in [0.4, 0.5) is 0 Å². The van der Waals surface area contributed by atoms with E-state index < -0.39 is 9.95 Å². The Hall–Kier alpha value is -0.320. The van der Waals surface area contributed by atoms with Gasteiger partial charge in [0.2, 0.25) is 0 Å². The number of hydroxylamine groups is 6. The summed E-state index contributed by atoms with van der Waals surface area (Å²) in [6.07, 6.45) is 0. The number of quaternary nitrogens is 2. The average molecular weight is 312 g/mol. The predicted molar refractivity (Wildman–Crippen MR) is 75.1 cm³/mol. The smallest absolute Gasteiger partial charge is 0.127 e. The Morgan fingerprint density at radius 2 is 0.619 bits per heavy atom. The van der Waals surface area contributed by atoms with Gasteiger partial charge < -0.3 is 0 Å². The first kappa shape index (κ1) is 20.7. The third kappa shape index (κ3) is 6.98. The summed E-state index contributed by atoms with van der Waals surface area (Å²) >= 11 is 0. The summed E-state index contributed by atoms with van der Waals surface area (Å²) in [5.74, 6) is 0. The zero-order chi connectivity index (χ0) is 16.2. The van der Waals surface area contributed by atoms with E-state index in [1.807, 2.05) is 41.5 Å². The minimum Gasteiger partial charge on any atom is -0.127 e. The van der Waals surface area contributed by atoms with Gasteiger partial charge in [-0.3, -0.25) is 0 Å². The van der Waals surface area contributed by atoms with Crippen LogP contribution < -0.4 is 0 Å². The maximum absolute atomic E-state index is 5.64. The molecule has 128 valence electrons. The molecule has 0 spiro atoms. The van der Waals surface area contributed by atoms with Crippen molar-refractivity contribution in [3.05, 3.63) is 0 Å². The Morgan fingerprint density at radius 3 is 0.762 bits per heavy atom. The van der Waals surface area contributed by atoms with Crippen LogP contribution in [0.25, 0.3) is 0 Å². The quantitative estimate of drug-likeness (QED) is 0.279. The Balaban J connectivity index is 5.30. The van der Waals surface area contributed by atoms with Crippen LogP contribution in [0.1, 0.15) is 41.5 Å². The first-order valence-electron chi connectivity index (χ1n) is 7.70. The summed E-state index contributed by atoms with van der Waals surface area (Å²) in [6.45, 7) is 13.7. The van der Waals surface area contributed by atoms with E-state index in [0.29, 0.717) is 39.6 Å². The van der Waals surface area contributed by atoms with Gasteiger partial charge in [0.15, 0.2) is 9.95 Å². The normalized spacial score (nSPS) is 12.9. The van der Waals surface area contributed by atoms with Gasteiger partial charge in [0.25, 0.3) is 0 Å². The zero-order valence-corrected chi connectivity index (χ0v) is 14.3. The van der Waals surface area contributed by atoms with Crippen LogP contribution in [0.15, 0.2) is 0 Å². The molecule has 0 atom stereocenters. The standard InChI is InChI=1S/C13H32N2O6/c1-7-16-14(17-8-2,18-9-3)13-15(19-10-4,20-11-5)21-12-6/h7-13H2,1-6H3/q+2. The van der Waals surface area contributed by atoms with Gasteiger partial charge in [0, 0.05) is 0 Å².